The maximum absolute atomic E-state index is 12.3. The van der Waals surface area contributed by atoms with Gasteiger partial charge in [-0.15, -0.1) is 5.06 Å². The Labute approximate surface area is 169 Å². The number of alkyl carbamates (subject to hydrolysis) is 1. The zero-order chi connectivity index (χ0) is 22.3. The number of nitro groups is 1. The lowest BCUT2D eigenvalue weighted by Crippen LogP contribution is -2.47. The number of carbonyl (C=O) groups is 5. The zero-order valence-electron chi connectivity index (χ0n) is 15.8. The first-order valence-electron chi connectivity index (χ1n) is 8.66. The molecule has 4 amide bonds. The highest BCUT2D eigenvalue weighted by Gasteiger charge is 2.36. The van der Waals surface area contributed by atoms with Crippen LogP contribution in [-0.4, -0.2) is 52.9 Å². The number of non-ortho nitro benzene ring substituents is 1. The van der Waals surface area contributed by atoms with Crippen LogP contribution in [-0.2, 0) is 35.4 Å². The normalized spacial score (nSPS) is 14.1. The summed E-state index contributed by atoms with van der Waals surface area (Å²) in [6.07, 6.45) is -1.84. The van der Waals surface area contributed by atoms with Crippen LogP contribution in [0.1, 0.15) is 24.8 Å². The number of benzene rings is 1. The number of hydrogen-bond acceptors (Lipinski definition) is 9. The summed E-state index contributed by atoms with van der Waals surface area (Å²) in [5.74, 6) is -3.25. The number of hydrogen-bond donors (Lipinski definition) is 2. The minimum absolute atomic E-state index is 0.114. The first-order chi connectivity index (χ1) is 14.2. The molecule has 1 aliphatic rings. The van der Waals surface area contributed by atoms with Crippen molar-refractivity contribution >= 4 is 35.5 Å². The van der Waals surface area contributed by atoms with Gasteiger partial charge in [-0.25, -0.2) is 9.59 Å². The van der Waals surface area contributed by atoms with Crippen LogP contribution in [0.4, 0.5) is 10.5 Å². The van der Waals surface area contributed by atoms with Crippen molar-refractivity contribution in [2.75, 3.05) is 7.05 Å². The molecule has 1 aromatic carbocycles. The molecule has 0 spiro atoms. The molecule has 0 aromatic heterocycles. The van der Waals surface area contributed by atoms with Gasteiger partial charge in [-0.2, -0.15) is 0 Å². The van der Waals surface area contributed by atoms with Crippen molar-refractivity contribution < 1.29 is 38.5 Å². The van der Waals surface area contributed by atoms with Gasteiger partial charge in [-0.05, 0) is 17.7 Å². The smallest absolute Gasteiger partial charge is 0.408 e. The number of nitrogens with zero attached hydrogens (tertiary/aromatic N) is 2. The van der Waals surface area contributed by atoms with Crippen molar-refractivity contribution in [3.8, 4) is 0 Å². The molecule has 0 bridgehead atoms. The highest BCUT2D eigenvalue weighted by atomic mass is 16.7. The monoisotopic (exact) mass is 422 g/mol. The Balaban J connectivity index is 1.96. The second-order valence-electron chi connectivity index (χ2n) is 6.07. The molecule has 13 nitrogen and oxygen atoms in total. The average molecular weight is 422 g/mol. The standard InChI is InChI=1S/C17H18N4O9/c1-18-13(22)8-12(16(25)30-20-14(23)6-7-15(20)24)19-17(26)29-9-10-2-4-11(5-3-10)21(27)28/h2-5,12H,6-9H2,1H3,(H,18,22)(H,19,26). The van der Waals surface area contributed by atoms with E-state index in [0.29, 0.717) is 10.6 Å². The van der Waals surface area contributed by atoms with Gasteiger partial charge in [-0.1, -0.05) is 0 Å². The van der Waals surface area contributed by atoms with Crippen LogP contribution in [0.5, 0.6) is 0 Å². The summed E-state index contributed by atoms with van der Waals surface area (Å²) in [5, 5.41) is 15.3. The second kappa shape index (κ2) is 9.95. The van der Waals surface area contributed by atoms with Gasteiger partial charge in [0.2, 0.25) is 5.91 Å². The molecule has 1 heterocycles. The van der Waals surface area contributed by atoms with Crippen LogP contribution in [0.15, 0.2) is 24.3 Å². The highest BCUT2D eigenvalue weighted by molar-refractivity contribution is 6.02. The van der Waals surface area contributed by atoms with E-state index in [0.717, 1.165) is 0 Å². The van der Waals surface area contributed by atoms with Gasteiger partial charge in [0.1, 0.15) is 12.6 Å². The lowest BCUT2D eigenvalue weighted by atomic mass is 10.2. The van der Waals surface area contributed by atoms with Gasteiger partial charge in [0.15, 0.2) is 0 Å². The topological polar surface area (TPSA) is 174 Å². The number of ether oxygens (including phenoxy) is 1. The number of rotatable bonds is 8. The quantitative estimate of drug-likeness (QED) is 0.330. The van der Waals surface area contributed by atoms with Gasteiger partial charge in [0, 0.05) is 32.0 Å². The number of carbonyl (C=O) groups excluding carboxylic acids is 5. The fourth-order valence-corrected chi connectivity index (χ4v) is 2.34. The summed E-state index contributed by atoms with van der Waals surface area (Å²) >= 11 is 0. The van der Waals surface area contributed by atoms with Crippen LogP contribution < -0.4 is 10.6 Å². The minimum Gasteiger partial charge on any atom is -0.445 e. The Hall–Kier alpha value is -4.03. The van der Waals surface area contributed by atoms with E-state index < -0.39 is 47.2 Å². The summed E-state index contributed by atoms with van der Waals surface area (Å²) in [5.41, 5.74) is 0.303. The number of nitrogens with one attached hydrogen (secondary N) is 2. The fraction of sp³-hybridized carbons (Fsp3) is 0.353. The van der Waals surface area contributed by atoms with Crippen LogP contribution in [0, 0.1) is 10.1 Å². The number of amides is 4. The summed E-state index contributed by atoms with van der Waals surface area (Å²) in [7, 11) is 1.31. The van der Waals surface area contributed by atoms with Gasteiger partial charge in [0.25, 0.3) is 17.5 Å². The maximum atomic E-state index is 12.3. The zero-order valence-corrected chi connectivity index (χ0v) is 15.8. The number of hydroxylamine groups is 2. The molecule has 0 aliphatic carbocycles. The molecule has 13 heteroatoms. The molecular formula is C17H18N4O9. The average Bonchev–Trinajstić information content (AvgIpc) is 3.03. The van der Waals surface area contributed by atoms with Gasteiger partial charge < -0.3 is 20.2 Å². The molecule has 2 N–H and O–H groups in total. The van der Waals surface area contributed by atoms with Crippen molar-refractivity contribution in [3.05, 3.63) is 39.9 Å². The third-order valence-corrected chi connectivity index (χ3v) is 3.95. The Bertz CT molecular complexity index is 852. The van der Waals surface area contributed by atoms with Crippen molar-refractivity contribution in [2.45, 2.75) is 31.9 Å². The molecule has 1 aromatic rings. The second-order valence-corrected chi connectivity index (χ2v) is 6.07. The predicted molar refractivity (Wildman–Crippen MR) is 96.1 cm³/mol. The molecule has 0 radical (unpaired) electrons. The molecule has 1 unspecified atom stereocenters. The van der Waals surface area contributed by atoms with E-state index in [4.69, 9.17) is 9.57 Å². The number of imide groups is 1. The van der Waals surface area contributed by atoms with Gasteiger partial charge in [0.05, 0.1) is 11.3 Å². The number of nitro benzene ring substituents is 1. The molecular weight excluding hydrogens is 404 g/mol. The van der Waals surface area contributed by atoms with Crippen LogP contribution >= 0.6 is 0 Å². The van der Waals surface area contributed by atoms with E-state index in [1.54, 1.807) is 0 Å². The molecule has 1 atom stereocenters. The van der Waals surface area contributed by atoms with Crippen LogP contribution in [0.3, 0.4) is 0 Å². The van der Waals surface area contributed by atoms with Crippen molar-refractivity contribution in [1.29, 1.82) is 0 Å². The SMILES string of the molecule is CNC(=O)CC(NC(=O)OCc1ccc([N+](=O)[O-])cc1)C(=O)ON1C(=O)CCC1=O. The van der Waals surface area contributed by atoms with Crippen LogP contribution in [0.25, 0.3) is 0 Å². The van der Waals surface area contributed by atoms with Crippen molar-refractivity contribution in [3.63, 3.8) is 0 Å². The molecule has 30 heavy (non-hydrogen) atoms. The van der Waals surface area contributed by atoms with E-state index in [1.165, 1.54) is 31.3 Å². The molecule has 1 saturated heterocycles. The summed E-state index contributed by atoms with van der Waals surface area (Å²) < 4.78 is 4.93. The molecule has 160 valence electrons. The van der Waals surface area contributed by atoms with Crippen LogP contribution in [0.2, 0.25) is 0 Å². The first-order valence-corrected chi connectivity index (χ1v) is 8.66. The largest absolute Gasteiger partial charge is 0.445 e. The first kappa shape index (κ1) is 22.3. The Morgan fingerprint density at radius 3 is 2.30 bits per heavy atom. The maximum Gasteiger partial charge on any atom is 0.408 e. The van der Waals surface area contributed by atoms with E-state index >= 15 is 0 Å². The van der Waals surface area contributed by atoms with Gasteiger partial charge in [-0.3, -0.25) is 24.5 Å². The highest BCUT2D eigenvalue weighted by Crippen LogP contribution is 2.14. The lowest BCUT2D eigenvalue weighted by molar-refractivity contribution is -0.384. The molecule has 2 rings (SSSR count). The fourth-order valence-electron chi connectivity index (χ4n) is 2.34. The minimum atomic E-state index is -1.53. The van der Waals surface area contributed by atoms with E-state index in [-0.39, 0.29) is 25.1 Å². The van der Waals surface area contributed by atoms with E-state index in [1.807, 2.05) is 0 Å². The third-order valence-electron chi connectivity index (χ3n) is 3.95. The Kier molecular flexibility index (Phi) is 7.38. The van der Waals surface area contributed by atoms with Crippen molar-refractivity contribution in [1.82, 2.24) is 15.7 Å². The van der Waals surface area contributed by atoms with E-state index in [2.05, 4.69) is 10.6 Å². The summed E-state index contributed by atoms with van der Waals surface area (Å²) in [6.45, 7) is -0.269. The molecule has 1 fully saturated rings. The lowest BCUT2D eigenvalue weighted by Gasteiger charge is -2.19. The molecule has 0 saturated carbocycles. The van der Waals surface area contributed by atoms with Gasteiger partial charge >= 0.3 is 12.1 Å². The Morgan fingerprint density at radius 1 is 1.17 bits per heavy atom. The Morgan fingerprint density at radius 2 is 1.77 bits per heavy atom. The van der Waals surface area contributed by atoms with E-state index in [9.17, 15) is 34.1 Å². The predicted octanol–water partition coefficient (Wildman–Crippen LogP) is -0.0671. The molecule has 1 aliphatic heterocycles. The third kappa shape index (κ3) is 5.98. The van der Waals surface area contributed by atoms with Crippen molar-refractivity contribution in [2.24, 2.45) is 0 Å². The summed E-state index contributed by atoms with van der Waals surface area (Å²) in [6, 6.07) is 3.69. The summed E-state index contributed by atoms with van der Waals surface area (Å²) in [4.78, 5) is 73.8.